The lowest BCUT2D eigenvalue weighted by Gasteiger charge is -2.21. The maximum atomic E-state index is 11.7. The van der Waals surface area contributed by atoms with Gasteiger partial charge in [0.2, 0.25) is 5.91 Å². The fourth-order valence-corrected chi connectivity index (χ4v) is 1.70. The van der Waals surface area contributed by atoms with Crippen molar-refractivity contribution in [3.8, 4) is 0 Å². The van der Waals surface area contributed by atoms with E-state index in [1.807, 2.05) is 54.6 Å². The third-order valence-corrected chi connectivity index (χ3v) is 2.58. The number of nitrogens with zero attached hydrogens (tertiary/aromatic N) is 1. The summed E-state index contributed by atoms with van der Waals surface area (Å²) in [6.45, 7) is 2.18. The summed E-state index contributed by atoms with van der Waals surface area (Å²) in [4.78, 5) is 13.4. The van der Waals surface area contributed by atoms with Crippen molar-refractivity contribution in [1.82, 2.24) is 0 Å². The molecule has 2 nitrogen and oxygen atoms in total. The van der Waals surface area contributed by atoms with E-state index in [-0.39, 0.29) is 5.91 Å². The standard InChI is InChI=1S/C15H14NO/c1-13(17)16(15-10-6-3-7-11-15)12-14-8-4-2-5-9-14/h3-11H,12H2,1H3. The SMILES string of the molecule is CC(=O)N(Cc1cc[c]cc1)c1ccccc1. The van der Waals surface area contributed by atoms with Crippen LogP contribution >= 0.6 is 0 Å². The zero-order valence-corrected chi connectivity index (χ0v) is 9.76. The van der Waals surface area contributed by atoms with Crippen molar-refractivity contribution >= 4 is 11.6 Å². The molecule has 1 radical (unpaired) electrons. The van der Waals surface area contributed by atoms with Crippen LogP contribution < -0.4 is 4.90 Å². The molecule has 17 heavy (non-hydrogen) atoms. The van der Waals surface area contributed by atoms with Crippen LogP contribution in [0.2, 0.25) is 0 Å². The number of amides is 1. The first-order valence-corrected chi connectivity index (χ1v) is 5.55. The van der Waals surface area contributed by atoms with Crippen LogP contribution in [0, 0.1) is 6.07 Å². The zero-order chi connectivity index (χ0) is 12.1. The third kappa shape index (κ3) is 2.94. The molecule has 2 aromatic rings. The molecule has 0 aliphatic heterocycles. The zero-order valence-electron chi connectivity index (χ0n) is 9.76. The van der Waals surface area contributed by atoms with Crippen molar-refractivity contribution in [2.45, 2.75) is 13.5 Å². The molecule has 0 saturated heterocycles. The Labute approximate surface area is 102 Å². The Balaban J connectivity index is 2.23. The molecule has 0 unspecified atom stereocenters. The van der Waals surface area contributed by atoms with Crippen molar-refractivity contribution in [3.05, 3.63) is 66.2 Å². The van der Waals surface area contributed by atoms with Gasteiger partial charge in [0, 0.05) is 12.6 Å². The van der Waals surface area contributed by atoms with Gasteiger partial charge in [0.1, 0.15) is 0 Å². The summed E-state index contributed by atoms with van der Waals surface area (Å²) in [6.07, 6.45) is 0. The van der Waals surface area contributed by atoms with Crippen LogP contribution in [-0.2, 0) is 11.3 Å². The van der Waals surface area contributed by atoms with Gasteiger partial charge in [-0.1, -0.05) is 42.5 Å². The highest BCUT2D eigenvalue weighted by Crippen LogP contribution is 2.16. The van der Waals surface area contributed by atoms with Gasteiger partial charge < -0.3 is 4.90 Å². The molecule has 85 valence electrons. The van der Waals surface area contributed by atoms with Crippen LogP contribution in [0.5, 0.6) is 0 Å². The predicted molar refractivity (Wildman–Crippen MR) is 68.6 cm³/mol. The number of rotatable bonds is 3. The van der Waals surface area contributed by atoms with Gasteiger partial charge in [0.25, 0.3) is 0 Å². The van der Waals surface area contributed by atoms with E-state index >= 15 is 0 Å². The second-order valence-corrected chi connectivity index (χ2v) is 3.85. The largest absolute Gasteiger partial charge is 0.308 e. The first-order valence-electron chi connectivity index (χ1n) is 5.55. The van der Waals surface area contributed by atoms with Gasteiger partial charge in [-0.15, -0.1) is 0 Å². The lowest BCUT2D eigenvalue weighted by molar-refractivity contribution is -0.116. The van der Waals surface area contributed by atoms with Crippen LogP contribution in [-0.4, -0.2) is 5.91 Å². The van der Waals surface area contributed by atoms with E-state index in [0.717, 1.165) is 11.3 Å². The molecular formula is C15H14NO. The Bertz CT molecular complexity index is 479. The Morgan fingerprint density at radius 1 is 1.12 bits per heavy atom. The molecule has 0 N–H and O–H groups in total. The molecular weight excluding hydrogens is 210 g/mol. The summed E-state index contributed by atoms with van der Waals surface area (Å²) in [5.74, 6) is 0.0454. The number of anilines is 1. The van der Waals surface area contributed by atoms with E-state index in [1.165, 1.54) is 0 Å². The monoisotopic (exact) mass is 224 g/mol. The summed E-state index contributed by atoms with van der Waals surface area (Å²) >= 11 is 0. The molecule has 0 saturated carbocycles. The third-order valence-electron chi connectivity index (χ3n) is 2.58. The van der Waals surface area contributed by atoms with E-state index in [2.05, 4.69) is 6.07 Å². The molecule has 0 fully saturated rings. The van der Waals surface area contributed by atoms with Crippen LogP contribution in [0.1, 0.15) is 12.5 Å². The molecule has 2 rings (SSSR count). The number of carbonyl (C=O) groups excluding carboxylic acids is 1. The second kappa shape index (κ2) is 5.30. The van der Waals surface area contributed by atoms with E-state index in [9.17, 15) is 4.79 Å². The van der Waals surface area contributed by atoms with Gasteiger partial charge in [0.15, 0.2) is 0 Å². The minimum absolute atomic E-state index is 0.0454. The normalized spacial score (nSPS) is 9.94. The molecule has 0 heterocycles. The summed E-state index contributed by atoms with van der Waals surface area (Å²) in [5.41, 5.74) is 2.02. The Hall–Kier alpha value is -2.09. The Morgan fingerprint density at radius 2 is 1.76 bits per heavy atom. The highest BCUT2D eigenvalue weighted by Gasteiger charge is 2.10. The van der Waals surface area contributed by atoms with Crippen molar-refractivity contribution in [3.63, 3.8) is 0 Å². The van der Waals surface area contributed by atoms with Crippen molar-refractivity contribution < 1.29 is 4.79 Å². The summed E-state index contributed by atoms with van der Waals surface area (Å²) in [5, 5.41) is 0. The number of hydrogen-bond acceptors (Lipinski definition) is 1. The van der Waals surface area contributed by atoms with E-state index < -0.39 is 0 Å². The Morgan fingerprint density at radius 3 is 2.35 bits per heavy atom. The quantitative estimate of drug-likeness (QED) is 0.784. The van der Waals surface area contributed by atoms with Crippen molar-refractivity contribution in [2.75, 3.05) is 4.90 Å². The van der Waals surface area contributed by atoms with E-state index in [0.29, 0.717) is 6.54 Å². The summed E-state index contributed by atoms with van der Waals surface area (Å²) in [6, 6.07) is 20.3. The van der Waals surface area contributed by atoms with Crippen molar-refractivity contribution in [1.29, 1.82) is 0 Å². The topological polar surface area (TPSA) is 20.3 Å². The molecule has 0 atom stereocenters. The van der Waals surface area contributed by atoms with Crippen LogP contribution in [0.3, 0.4) is 0 Å². The van der Waals surface area contributed by atoms with Gasteiger partial charge >= 0.3 is 0 Å². The number of carbonyl (C=O) groups is 1. The fraction of sp³-hybridized carbons (Fsp3) is 0.133. The van der Waals surface area contributed by atoms with Gasteiger partial charge in [-0.2, -0.15) is 0 Å². The maximum absolute atomic E-state index is 11.7. The highest BCUT2D eigenvalue weighted by atomic mass is 16.2. The van der Waals surface area contributed by atoms with E-state index in [1.54, 1.807) is 11.8 Å². The maximum Gasteiger partial charge on any atom is 0.224 e. The molecule has 0 aromatic heterocycles. The Kier molecular flexibility index (Phi) is 3.55. The molecule has 2 aromatic carbocycles. The van der Waals surface area contributed by atoms with Crippen molar-refractivity contribution in [2.24, 2.45) is 0 Å². The van der Waals surface area contributed by atoms with Gasteiger partial charge in [-0.05, 0) is 23.8 Å². The second-order valence-electron chi connectivity index (χ2n) is 3.85. The molecule has 1 amide bonds. The van der Waals surface area contributed by atoms with Gasteiger partial charge in [-0.3, -0.25) is 4.79 Å². The average molecular weight is 224 g/mol. The number of benzene rings is 2. The summed E-state index contributed by atoms with van der Waals surface area (Å²) < 4.78 is 0. The minimum atomic E-state index is 0.0454. The lowest BCUT2D eigenvalue weighted by atomic mass is 10.2. The van der Waals surface area contributed by atoms with Gasteiger partial charge in [-0.25, -0.2) is 0 Å². The lowest BCUT2D eigenvalue weighted by Crippen LogP contribution is -2.27. The summed E-state index contributed by atoms with van der Waals surface area (Å²) in [7, 11) is 0. The minimum Gasteiger partial charge on any atom is -0.308 e. The molecule has 0 aliphatic rings. The molecule has 0 bridgehead atoms. The number of para-hydroxylation sites is 1. The van der Waals surface area contributed by atoms with E-state index in [4.69, 9.17) is 0 Å². The fourth-order valence-electron chi connectivity index (χ4n) is 1.70. The van der Waals surface area contributed by atoms with Crippen LogP contribution in [0.25, 0.3) is 0 Å². The first kappa shape index (κ1) is 11.4. The average Bonchev–Trinajstić information content (AvgIpc) is 2.38. The smallest absolute Gasteiger partial charge is 0.224 e. The first-order chi connectivity index (χ1) is 8.27. The predicted octanol–water partition coefficient (Wildman–Crippen LogP) is 3.04. The van der Waals surface area contributed by atoms with Crippen LogP contribution in [0.4, 0.5) is 5.69 Å². The molecule has 0 aliphatic carbocycles. The van der Waals surface area contributed by atoms with Gasteiger partial charge in [0.05, 0.1) is 6.54 Å². The highest BCUT2D eigenvalue weighted by molar-refractivity contribution is 5.91. The van der Waals surface area contributed by atoms with Crippen LogP contribution in [0.15, 0.2) is 54.6 Å². The number of hydrogen-bond donors (Lipinski definition) is 0. The molecule has 2 heteroatoms. The molecule has 0 spiro atoms.